The molecule has 1 N–H and O–H groups in total. The lowest BCUT2D eigenvalue weighted by Crippen LogP contribution is -2.62. The monoisotopic (exact) mass is 278 g/mol. The SMILES string of the molecule is O=C1COCC2(CCNCC2)N1Cc1ccc(F)cc1. The normalized spacial score (nSPS) is 22.2. The van der Waals surface area contributed by atoms with Crippen molar-refractivity contribution in [2.75, 3.05) is 26.3 Å². The number of hydrogen-bond donors (Lipinski definition) is 1. The molecule has 1 aromatic carbocycles. The molecule has 0 bridgehead atoms. The van der Waals surface area contributed by atoms with E-state index in [2.05, 4.69) is 5.32 Å². The summed E-state index contributed by atoms with van der Waals surface area (Å²) in [6.07, 6.45) is 1.81. The fraction of sp³-hybridized carbons (Fsp3) is 0.533. The van der Waals surface area contributed by atoms with E-state index in [-0.39, 0.29) is 23.9 Å². The minimum absolute atomic E-state index is 0.0301. The zero-order chi connectivity index (χ0) is 14.0. The lowest BCUT2D eigenvalue weighted by molar-refractivity contribution is -0.162. The van der Waals surface area contributed by atoms with Crippen molar-refractivity contribution in [3.05, 3.63) is 35.6 Å². The van der Waals surface area contributed by atoms with E-state index in [1.165, 1.54) is 12.1 Å². The molecule has 0 saturated carbocycles. The molecule has 2 heterocycles. The predicted molar refractivity (Wildman–Crippen MR) is 72.6 cm³/mol. The van der Waals surface area contributed by atoms with E-state index in [0.717, 1.165) is 31.5 Å². The molecule has 2 aliphatic rings. The second kappa shape index (κ2) is 5.50. The Morgan fingerprint density at radius 1 is 1.25 bits per heavy atom. The highest BCUT2D eigenvalue weighted by Gasteiger charge is 2.43. The summed E-state index contributed by atoms with van der Waals surface area (Å²) in [5.74, 6) is -0.221. The highest BCUT2D eigenvalue weighted by atomic mass is 19.1. The summed E-state index contributed by atoms with van der Waals surface area (Å²) in [5.41, 5.74) is 0.758. The Morgan fingerprint density at radius 2 is 1.95 bits per heavy atom. The number of amides is 1. The van der Waals surface area contributed by atoms with Gasteiger partial charge >= 0.3 is 0 Å². The Balaban J connectivity index is 1.82. The number of hydrogen-bond acceptors (Lipinski definition) is 3. The zero-order valence-corrected chi connectivity index (χ0v) is 11.4. The van der Waals surface area contributed by atoms with E-state index in [1.54, 1.807) is 12.1 Å². The Labute approximate surface area is 117 Å². The number of rotatable bonds is 2. The summed E-state index contributed by atoms with van der Waals surface area (Å²) >= 11 is 0. The van der Waals surface area contributed by atoms with Gasteiger partial charge in [-0.25, -0.2) is 4.39 Å². The van der Waals surface area contributed by atoms with Gasteiger partial charge in [-0.05, 0) is 43.6 Å². The van der Waals surface area contributed by atoms with Crippen molar-refractivity contribution >= 4 is 5.91 Å². The second-order valence-corrected chi connectivity index (χ2v) is 5.57. The molecule has 2 aliphatic heterocycles. The molecule has 0 atom stereocenters. The molecule has 1 aromatic rings. The number of carbonyl (C=O) groups is 1. The second-order valence-electron chi connectivity index (χ2n) is 5.57. The summed E-state index contributed by atoms with van der Waals surface area (Å²) in [6, 6.07) is 6.37. The largest absolute Gasteiger partial charge is 0.369 e. The number of morpholine rings is 1. The smallest absolute Gasteiger partial charge is 0.249 e. The van der Waals surface area contributed by atoms with Crippen molar-refractivity contribution in [2.24, 2.45) is 0 Å². The molecule has 1 amide bonds. The first-order chi connectivity index (χ1) is 9.70. The molecular formula is C15H19FN2O2. The highest BCUT2D eigenvalue weighted by Crippen LogP contribution is 2.31. The van der Waals surface area contributed by atoms with Gasteiger partial charge in [0.1, 0.15) is 12.4 Å². The number of nitrogens with zero attached hydrogens (tertiary/aromatic N) is 1. The van der Waals surface area contributed by atoms with Crippen molar-refractivity contribution in [2.45, 2.75) is 24.9 Å². The van der Waals surface area contributed by atoms with E-state index in [9.17, 15) is 9.18 Å². The Bertz CT molecular complexity index is 478. The van der Waals surface area contributed by atoms with Crippen LogP contribution in [0, 0.1) is 5.82 Å². The molecule has 108 valence electrons. The number of piperidine rings is 1. The van der Waals surface area contributed by atoms with Gasteiger partial charge < -0.3 is 15.0 Å². The first-order valence-electron chi connectivity index (χ1n) is 7.03. The maximum Gasteiger partial charge on any atom is 0.249 e. The number of halogens is 1. The van der Waals surface area contributed by atoms with Crippen LogP contribution in [0.2, 0.25) is 0 Å². The Morgan fingerprint density at radius 3 is 2.65 bits per heavy atom. The van der Waals surface area contributed by atoms with E-state index in [4.69, 9.17) is 4.74 Å². The third-order valence-electron chi connectivity index (χ3n) is 4.26. The van der Waals surface area contributed by atoms with Crippen LogP contribution in [0.15, 0.2) is 24.3 Å². The van der Waals surface area contributed by atoms with Gasteiger partial charge in [0.2, 0.25) is 5.91 Å². The van der Waals surface area contributed by atoms with Crippen LogP contribution in [0.3, 0.4) is 0 Å². The molecule has 0 unspecified atom stereocenters. The number of carbonyl (C=O) groups excluding carboxylic acids is 1. The molecule has 0 radical (unpaired) electrons. The number of benzene rings is 1. The Kier molecular flexibility index (Phi) is 3.72. The summed E-state index contributed by atoms with van der Waals surface area (Å²) in [7, 11) is 0. The van der Waals surface area contributed by atoms with Gasteiger partial charge in [0.25, 0.3) is 0 Å². The predicted octanol–water partition coefficient (Wildman–Crippen LogP) is 1.31. The van der Waals surface area contributed by atoms with Crippen LogP contribution in [-0.2, 0) is 16.1 Å². The van der Waals surface area contributed by atoms with Crippen molar-refractivity contribution in [3.8, 4) is 0 Å². The van der Waals surface area contributed by atoms with Crippen LogP contribution < -0.4 is 5.32 Å². The maximum absolute atomic E-state index is 13.0. The topological polar surface area (TPSA) is 41.6 Å². The van der Waals surface area contributed by atoms with Crippen LogP contribution in [0.1, 0.15) is 18.4 Å². The van der Waals surface area contributed by atoms with E-state index < -0.39 is 0 Å². The number of nitrogens with one attached hydrogen (secondary N) is 1. The van der Waals surface area contributed by atoms with Gasteiger partial charge in [0.05, 0.1) is 12.1 Å². The minimum atomic E-state index is -0.251. The Hall–Kier alpha value is -1.46. The molecule has 3 rings (SSSR count). The number of ether oxygens (including phenoxy) is 1. The quantitative estimate of drug-likeness (QED) is 0.887. The lowest BCUT2D eigenvalue weighted by Gasteiger charge is -2.49. The fourth-order valence-corrected chi connectivity index (χ4v) is 3.08. The average molecular weight is 278 g/mol. The van der Waals surface area contributed by atoms with Crippen molar-refractivity contribution in [1.29, 1.82) is 0 Å². The molecule has 0 aromatic heterocycles. The van der Waals surface area contributed by atoms with Crippen molar-refractivity contribution in [3.63, 3.8) is 0 Å². The summed E-state index contributed by atoms with van der Waals surface area (Å²) < 4.78 is 18.5. The third-order valence-corrected chi connectivity index (χ3v) is 4.26. The van der Waals surface area contributed by atoms with Crippen LogP contribution in [0.25, 0.3) is 0 Å². The molecule has 2 saturated heterocycles. The zero-order valence-electron chi connectivity index (χ0n) is 11.4. The van der Waals surface area contributed by atoms with Gasteiger partial charge in [-0.15, -0.1) is 0 Å². The minimum Gasteiger partial charge on any atom is -0.369 e. The van der Waals surface area contributed by atoms with Gasteiger partial charge in [-0.1, -0.05) is 12.1 Å². The van der Waals surface area contributed by atoms with Crippen molar-refractivity contribution in [1.82, 2.24) is 10.2 Å². The van der Waals surface area contributed by atoms with Gasteiger partial charge in [0.15, 0.2) is 0 Å². The van der Waals surface area contributed by atoms with Gasteiger partial charge in [-0.2, -0.15) is 0 Å². The van der Waals surface area contributed by atoms with Gasteiger partial charge in [0, 0.05) is 6.54 Å². The highest BCUT2D eigenvalue weighted by molar-refractivity contribution is 5.79. The maximum atomic E-state index is 13.0. The molecule has 2 fully saturated rings. The van der Waals surface area contributed by atoms with Crippen LogP contribution >= 0.6 is 0 Å². The van der Waals surface area contributed by atoms with Crippen LogP contribution in [0.4, 0.5) is 4.39 Å². The van der Waals surface area contributed by atoms with E-state index >= 15 is 0 Å². The van der Waals surface area contributed by atoms with Crippen LogP contribution in [0.5, 0.6) is 0 Å². The third kappa shape index (κ3) is 2.55. The standard InChI is InChI=1S/C15H19FN2O2/c16-13-3-1-12(2-4-13)9-18-14(19)10-20-11-15(18)5-7-17-8-6-15/h1-4,17H,5-11H2. The molecule has 20 heavy (non-hydrogen) atoms. The molecule has 5 heteroatoms. The summed E-state index contributed by atoms with van der Waals surface area (Å²) in [5, 5.41) is 3.32. The molecule has 1 spiro atoms. The van der Waals surface area contributed by atoms with Crippen molar-refractivity contribution < 1.29 is 13.9 Å². The first kappa shape index (κ1) is 13.5. The molecule has 4 nitrogen and oxygen atoms in total. The molecule has 0 aliphatic carbocycles. The average Bonchev–Trinajstić information content (AvgIpc) is 2.46. The fourth-order valence-electron chi connectivity index (χ4n) is 3.08. The van der Waals surface area contributed by atoms with E-state index in [1.807, 2.05) is 4.90 Å². The van der Waals surface area contributed by atoms with Crippen LogP contribution in [-0.4, -0.2) is 42.6 Å². The summed E-state index contributed by atoms with van der Waals surface area (Å²) in [6.45, 7) is 3.08. The van der Waals surface area contributed by atoms with E-state index in [0.29, 0.717) is 13.2 Å². The van der Waals surface area contributed by atoms with Gasteiger partial charge in [-0.3, -0.25) is 4.79 Å². The first-order valence-corrected chi connectivity index (χ1v) is 7.03. The summed E-state index contributed by atoms with van der Waals surface area (Å²) in [4.78, 5) is 14.2. The molecular weight excluding hydrogens is 259 g/mol. The lowest BCUT2D eigenvalue weighted by atomic mass is 9.85.